The molecule has 0 atom stereocenters. The molecule has 1 saturated heterocycles. The lowest BCUT2D eigenvalue weighted by atomic mass is 10.4. The molecule has 0 unspecified atom stereocenters. The molecule has 2 heterocycles. The van der Waals surface area contributed by atoms with Crippen molar-refractivity contribution >= 4 is 23.4 Å². The summed E-state index contributed by atoms with van der Waals surface area (Å²) in [4.78, 5) is 10.6. The van der Waals surface area contributed by atoms with Crippen molar-refractivity contribution in [3.8, 4) is 0 Å². The Morgan fingerprint density at radius 1 is 1.44 bits per heavy atom. The molecule has 0 bridgehead atoms. The molecular formula is C10H15ClN4O. The van der Waals surface area contributed by atoms with Gasteiger partial charge in [-0.15, -0.1) is 0 Å². The van der Waals surface area contributed by atoms with Crippen LogP contribution in [0.4, 0.5) is 11.8 Å². The second kappa shape index (κ2) is 5.32. The lowest BCUT2D eigenvalue weighted by molar-refractivity contribution is 0.152. The highest BCUT2D eigenvalue weighted by Crippen LogP contribution is 2.24. The molecule has 5 nitrogen and oxygen atoms in total. The molecule has 1 N–H and O–H groups in total. The van der Waals surface area contributed by atoms with Gasteiger partial charge in [-0.1, -0.05) is 11.6 Å². The van der Waals surface area contributed by atoms with E-state index in [0.717, 1.165) is 38.5 Å². The molecule has 1 aromatic rings. The van der Waals surface area contributed by atoms with Gasteiger partial charge < -0.3 is 15.0 Å². The fraction of sp³-hybridized carbons (Fsp3) is 0.600. The smallest absolute Gasteiger partial charge is 0.224 e. The van der Waals surface area contributed by atoms with E-state index in [1.54, 1.807) is 13.2 Å². The zero-order valence-corrected chi connectivity index (χ0v) is 10.00. The number of nitrogens with one attached hydrogen (secondary N) is 1. The number of halogens is 1. The molecule has 0 radical (unpaired) electrons. The predicted molar refractivity (Wildman–Crippen MR) is 64.2 cm³/mol. The Bertz CT molecular complexity index is 353. The average Bonchev–Trinajstić information content (AvgIpc) is 2.58. The molecule has 2 rings (SSSR count). The van der Waals surface area contributed by atoms with Crippen LogP contribution in [0.1, 0.15) is 6.42 Å². The van der Waals surface area contributed by atoms with Crippen LogP contribution in [0.3, 0.4) is 0 Å². The van der Waals surface area contributed by atoms with E-state index < -0.39 is 0 Å². The standard InChI is InChI=1S/C10H15ClN4O/c1-12-10-13-7-8(11)9(14-10)15-3-2-5-16-6-4-15/h7H,2-6H2,1H3,(H,12,13,14). The normalized spacial score (nSPS) is 17.0. The Kier molecular flexibility index (Phi) is 3.79. The van der Waals surface area contributed by atoms with Crippen molar-refractivity contribution in [3.05, 3.63) is 11.2 Å². The summed E-state index contributed by atoms with van der Waals surface area (Å²) in [5, 5.41) is 3.49. The van der Waals surface area contributed by atoms with Crippen molar-refractivity contribution in [2.45, 2.75) is 6.42 Å². The first-order chi connectivity index (χ1) is 7.81. The highest BCUT2D eigenvalue weighted by atomic mass is 35.5. The van der Waals surface area contributed by atoms with Crippen LogP contribution in [-0.2, 0) is 4.74 Å². The monoisotopic (exact) mass is 242 g/mol. The van der Waals surface area contributed by atoms with Crippen LogP contribution >= 0.6 is 11.6 Å². The maximum atomic E-state index is 6.10. The van der Waals surface area contributed by atoms with Gasteiger partial charge in [-0.3, -0.25) is 0 Å². The van der Waals surface area contributed by atoms with E-state index >= 15 is 0 Å². The third kappa shape index (κ3) is 2.54. The van der Waals surface area contributed by atoms with Crippen LogP contribution in [0, 0.1) is 0 Å². The van der Waals surface area contributed by atoms with Gasteiger partial charge >= 0.3 is 0 Å². The molecule has 0 spiro atoms. The molecule has 16 heavy (non-hydrogen) atoms. The van der Waals surface area contributed by atoms with Crippen molar-refractivity contribution in [2.75, 3.05) is 43.6 Å². The number of anilines is 2. The minimum absolute atomic E-state index is 0.584. The summed E-state index contributed by atoms with van der Waals surface area (Å²) in [6.07, 6.45) is 2.62. The first-order valence-corrected chi connectivity index (χ1v) is 5.72. The lowest BCUT2D eigenvalue weighted by Gasteiger charge is -2.21. The number of rotatable bonds is 2. The van der Waals surface area contributed by atoms with Gasteiger partial charge in [-0.25, -0.2) is 4.98 Å². The van der Waals surface area contributed by atoms with Crippen LogP contribution in [0.15, 0.2) is 6.20 Å². The molecule has 0 amide bonds. The Balaban J connectivity index is 2.22. The van der Waals surface area contributed by atoms with Gasteiger partial charge in [0.1, 0.15) is 5.02 Å². The van der Waals surface area contributed by atoms with Gasteiger partial charge in [0, 0.05) is 26.7 Å². The average molecular weight is 243 g/mol. The third-order valence-electron chi connectivity index (χ3n) is 2.47. The minimum Gasteiger partial charge on any atom is -0.380 e. The topological polar surface area (TPSA) is 50.3 Å². The van der Waals surface area contributed by atoms with Crippen molar-refractivity contribution < 1.29 is 4.74 Å². The van der Waals surface area contributed by atoms with Crippen molar-refractivity contribution in [2.24, 2.45) is 0 Å². The number of ether oxygens (including phenoxy) is 1. The first-order valence-electron chi connectivity index (χ1n) is 5.34. The van der Waals surface area contributed by atoms with E-state index in [-0.39, 0.29) is 0 Å². The SMILES string of the molecule is CNc1ncc(Cl)c(N2CCCOCC2)n1. The van der Waals surface area contributed by atoms with Gasteiger partial charge in [0.15, 0.2) is 5.82 Å². The molecule has 1 fully saturated rings. The molecule has 88 valence electrons. The third-order valence-corrected chi connectivity index (χ3v) is 2.74. The predicted octanol–water partition coefficient (Wildman–Crippen LogP) is 1.40. The number of hydrogen-bond donors (Lipinski definition) is 1. The molecule has 0 aliphatic carbocycles. The number of nitrogens with zero attached hydrogens (tertiary/aromatic N) is 3. The van der Waals surface area contributed by atoms with E-state index in [2.05, 4.69) is 20.2 Å². The van der Waals surface area contributed by atoms with Crippen LogP contribution in [-0.4, -0.2) is 43.3 Å². The fourth-order valence-electron chi connectivity index (χ4n) is 1.66. The highest BCUT2D eigenvalue weighted by molar-refractivity contribution is 6.32. The van der Waals surface area contributed by atoms with Gasteiger partial charge in [-0.2, -0.15) is 4.98 Å². The summed E-state index contributed by atoms with van der Waals surface area (Å²) >= 11 is 6.10. The Morgan fingerprint density at radius 3 is 3.12 bits per heavy atom. The second-order valence-corrected chi connectivity index (χ2v) is 3.98. The van der Waals surface area contributed by atoms with Gasteiger partial charge in [0.2, 0.25) is 5.95 Å². The fourth-order valence-corrected chi connectivity index (χ4v) is 1.87. The van der Waals surface area contributed by atoms with Gasteiger partial charge in [0.05, 0.1) is 12.8 Å². The highest BCUT2D eigenvalue weighted by Gasteiger charge is 2.15. The zero-order valence-electron chi connectivity index (χ0n) is 9.24. The quantitative estimate of drug-likeness (QED) is 0.850. The largest absolute Gasteiger partial charge is 0.380 e. The van der Waals surface area contributed by atoms with Crippen molar-refractivity contribution in [1.82, 2.24) is 9.97 Å². The van der Waals surface area contributed by atoms with Crippen LogP contribution in [0.25, 0.3) is 0 Å². The molecular weight excluding hydrogens is 228 g/mol. The molecule has 1 aliphatic rings. The van der Waals surface area contributed by atoms with E-state index in [9.17, 15) is 0 Å². The summed E-state index contributed by atoms with van der Waals surface area (Å²) in [6.45, 7) is 3.26. The molecule has 6 heteroatoms. The Hall–Kier alpha value is -1.07. The van der Waals surface area contributed by atoms with E-state index in [0.29, 0.717) is 11.0 Å². The molecule has 1 aromatic heterocycles. The summed E-state index contributed by atoms with van der Waals surface area (Å²) in [7, 11) is 1.79. The van der Waals surface area contributed by atoms with Crippen LogP contribution in [0.5, 0.6) is 0 Å². The Morgan fingerprint density at radius 2 is 2.31 bits per heavy atom. The molecule has 0 saturated carbocycles. The number of aromatic nitrogens is 2. The summed E-state index contributed by atoms with van der Waals surface area (Å²) in [5.74, 6) is 1.37. The minimum atomic E-state index is 0.584. The molecule has 0 aromatic carbocycles. The van der Waals surface area contributed by atoms with E-state index in [1.165, 1.54) is 0 Å². The summed E-state index contributed by atoms with van der Waals surface area (Å²) in [5.41, 5.74) is 0. The molecule has 1 aliphatic heterocycles. The van der Waals surface area contributed by atoms with Crippen molar-refractivity contribution in [3.63, 3.8) is 0 Å². The van der Waals surface area contributed by atoms with E-state index in [1.807, 2.05) is 0 Å². The van der Waals surface area contributed by atoms with Gasteiger partial charge in [0.25, 0.3) is 0 Å². The maximum absolute atomic E-state index is 6.10. The second-order valence-electron chi connectivity index (χ2n) is 3.57. The van der Waals surface area contributed by atoms with Crippen LogP contribution in [0.2, 0.25) is 5.02 Å². The lowest BCUT2D eigenvalue weighted by Crippen LogP contribution is -2.27. The van der Waals surface area contributed by atoms with Crippen molar-refractivity contribution in [1.29, 1.82) is 0 Å². The van der Waals surface area contributed by atoms with E-state index in [4.69, 9.17) is 16.3 Å². The zero-order chi connectivity index (χ0) is 11.4. The first kappa shape index (κ1) is 11.4. The Labute approximate surface area is 99.8 Å². The number of hydrogen-bond acceptors (Lipinski definition) is 5. The van der Waals surface area contributed by atoms with Crippen LogP contribution < -0.4 is 10.2 Å². The summed E-state index contributed by atoms with van der Waals surface area (Å²) in [6, 6.07) is 0. The summed E-state index contributed by atoms with van der Waals surface area (Å²) < 4.78 is 5.40. The maximum Gasteiger partial charge on any atom is 0.224 e. The van der Waals surface area contributed by atoms with Gasteiger partial charge in [-0.05, 0) is 6.42 Å².